The van der Waals surface area contributed by atoms with Crippen molar-refractivity contribution in [3.05, 3.63) is 56.4 Å². The quantitative estimate of drug-likeness (QED) is 0.266. The van der Waals surface area contributed by atoms with E-state index < -0.39 is 49.2 Å². The first-order valence-electron chi connectivity index (χ1n) is 9.39. The molecule has 0 aliphatic heterocycles. The number of sulfone groups is 1. The molecule has 0 spiro atoms. The number of carbonyl (C=O) groups is 3. The van der Waals surface area contributed by atoms with Gasteiger partial charge in [0.1, 0.15) is 4.90 Å². The first kappa shape index (κ1) is 24.7. The Morgan fingerprint density at radius 2 is 1.81 bits per heavy atom. The minimum atomic E-state index is -3.90. The number of Topliss-reactive ketones (excluding diaryl/α,β-unsaturated/α-hetero) is 1. The molecule has 0 aliphatic rings. The molecule has 1 atom stereocenters. The van der Waals surface area contributed by atoms with Crippen LogP contribution in [0.15, 0.2) is 23.1 Å². The lowest BCUT2D eigenvalue weighted by atomic mass is 10.1. The van der Waals surface area contributed by atoms with Crippen molar-refractivity contribution in [2.75, 3.05) is 12.9 Å². The SMILES string of the molecule is CCOC(=O)c1c(C)[nH]c(C(=O)C(C)OC(=O)c2ccc(S(C)(=O)=O)c([N+](=O)[O-])c2)c1C. The molecule has 1 heterocycles. The molecule has 1 aromatic carbocycles. The fraction of sp³-hybridized carbons (Fsp3) is 0.350. The van der Waals surface area contributed by atoms with E-state index in [1.807, 2.05) is 0 Å². The van der Waals surface area contributed by atoms with Crippen molar-refractivity contribution in [1.82, 2.24) is 4.98 Å². The Balaban J connectivity index is 2.29. The third-order valence-electron chi connectivity index (χ3n) is 4.61. The van der Waals surface area contributed by atoms with E-state index in [0.717, 1.165) is 24.5 Å². The average molecular weight is 466 g/mol. The number of nitrogens with one attached hydrogen (secondary N) is 1. The van der Waals surface area contributed by atoms with Crippen LogP contribution in [0.2, 0.25) is 0 Å². The van der Waals surface area contributed by atoms with Gasteiger partial charge in [-0.05, 0) is 45.4 Å². The normalized spacial score (nSPS) is 12.2. The second-order valence-electron chi connectivity index (χ2n) is 6.97. The van der Waals surface area contributed by atoms with Crippen LogP contribution in [0.4, 0.5) is 5.69 Å². The number of H-pyrrole nitrogens is 1. The Hall–Kier alpha value is -3.54. The third-order valence-corrected chi connectivity index (χ3v) is 5.75. The Morgan fingerprint density at radius 3 is 2.34 bits per heavy atom. The van der Waals surface area contributed by atoms with E-state index >= 15 is 0 Å². The predicted octanol–water partition coefficient (Wildman–Crippen LogP) is 2.55. The second kappa shape index (κ2) is 9.30. The number of ketones is 1. The summed E-state index contributed by atoms with van der Waals surface area (Å²) in [6, 6.07) is 2.77. The van der Waals surface area contributed by atoms with Crippen LogP contribution < -0.4 is 0 Å². The van der Waals surface area contributed by atoms with Crippen LogP contribution in [0.5, 0.6) is 0 Å². The van der Waals surface area contributed by atoms with Gasteiger partial charge in [0.25, 0.3) is 5.69 Å². The monoisotopic (exact) mass is 466 g/mol. The average Bonchev–Trinajstić information content (AvgIpc) is 3.00. The number of carbonyl (C=O) groups excluding carboxylic acids is 3. The zero-order valence-electron chi connectivity index (χ0n) is 18.0. The van der Waals surface area contributed by atoms with Gasteiger partial charge in [-0.1, -0.05) is 0 Å². The van der Waals surface area contributed by atoms with Crippen molar-refractivity contribution >= 4 is 33.2 Å². The van der Waals surface area contributed by atoms with Gasteiger partial charge in [-0.2, -0.15) is 0 Å². The molecule has 2 aromatic rings. The van der Waals surface area contributed by atoms with Gasteiger partial charge < -0.3 is 14.5 Å². The smallest absolute Gasteiger partial charge is 0.340 e. The van der Waals surface area contributed by atoms with Gasteiger partial charge >= 0.3 is 11.9 Å². The molecule has 0 fully saturated rings. The van der Waals surface area contributed by atoms with Gasteiger partial charge in [-0.15, -0.1) is 0 Å². The molecule has 0 amide bonds. The standard InChI is InChI=1S/C20H22N2O9S/c1-6-30-20(25)16-10(2)17(21-11(16)3)18(23)12(4)31-19(24)13-7-8-15(32(5,28)29)14(9-13)22(26)27/h7-9,12,21H,6H2,1-5H3. The van der Waals surface area contributed by atoms with Crippen LogP contribution in [0.3, 0.4) is 0 Å². The molecule has 1 unspecified atom stereocenters. The fourth-order valence-corrected chi connectivity index (χ4v) is 3.92. The number of benzene rings is 1. The lowest BCUT2D eigenvalue weighted by Crippen LogP contribution is -2.25. The van der Waals surface area contributed by atoms with E-state index in [1.165, 1.54) is 6.92 Å². The lowest BCUT2D eigenvalue weighted by molar-refractivity contribution is -0.387. The molecule has 0 saturated carbocycles. The summed E-state index contributed by atoms with van der Waals surface area (Å²) in [7, 11) is -3.90. The molecular formula is C20H22N2O9S. The Bertz CT molecular complexity index is 1210. The molecular weight excluding hydrogens is 444 g/mol. The van der Waals surface area contributed by atoms with Gasteiger partial charge in [-0.3, -0.25) is 14.9 Å². The molecule has 12 heteroatoms. The van der Waals surface area contributed by atoms with Crippen molar-refractivity contribution < 1.29 is 37.2 Å². The summed E-state index contributed by atoms with van der Waals surface area (Å²) in [6.07, 6.45) is -0.498. The maximum absolute atomic E-state index is 12.8. The zero-order valence-corrected chi connectivity index (χ0v) is 18.9. The van der Waals surface area contributed by atoms with Gasteiger partial charge in [-0.25, -0.2) is 18.0 Å². The van der Waals surface area contributed by atoms with E-state index in [1.54, 1.807) is 20.8 Å². The Kier molecular flexibility index (Phi) is 7.19. The number of esters is 2. The molecule has 11 nitrogen and oxygen atoms in total. The van der Waals surface area contributed by atoms with Gasteiger partial charge in [0, 0.05) is 18.0 Å². The Morgan fingerprint density at radius 1 is 1.19 bits per heavy atom. The van der Waals surface area contributed by atoms with Gasteiger partial charge in [0.2, 0.25) is 5.78 Å². The molecule has 1 N–H and O–H groups in total. The van der Waals surface area contributed by atoms with Crippen LogP contribution in [-0.2, 0) is 19.3 Å². The first-order valence-corrected chi connectivity index (χ1v) is 11.3. The number of aryl methyl sites for hydroxylation is 1. The number of nitro groups is 1. The minimum Gasteiger partial charge on any atom is -0.462 e. The molecule has 172 valence electrons. The zero-order chi connectivity index (χ0) is 24.4. The number of nitrogens with zero attached hydrogens (tertiary/aromatic N) is 1. The van der Waals surface area contributed by atoms with Crippen molar-refractivity contribution in [2.24, 2.45) is 0 Å². The van der Waals surface area contributed by atoms with Gasteiger partial charge in [0.05, 0.1) is 28.4 Å². The number of ether oxygens (including phenoxy) is 2. The summed E-state index contributed by atoms with van der Waals surface area (Å²) in [5.41, 5.74) is -0.0621. The van der Waals surface area contributed by atoms with E-state index in [4.69, 9.17) is 9.47 Å². The lowest BCUT2D eigenvalue weighted by Gasteiger charge is -2.12. The number of hydrogen-bond acceptors (Lipinski definition) is 9. The Labute approximate surface area is 183 Å². The highest BCUT2D eigenvalue weighted by Gasteiger charge is 2.29. The molecule has 1 aromatic heterocycles. The number of hydrogen-bond donors (Lipinski definition) is 1. The molecule has 0 aliphatic carbocycles. The summed E-state index contributed by atoms with van der Waals surface area (Å²) in [5.74, 6) is -2.28. The van der Waals surface area contributed by atoms with E-state index in [-0.39, 0.29) is 23.4 Å². The second-order valence-corrected chi connectivity index (χ2v) is 8.95. The van der Waals surface area contributed by atoms with E-state index in [2.05, 4.69) is 4.98 Å². The topological polar surface area (TPSA) is 163 Å². The summed E-state index contributed by atoms with van der Waals surface area (Å²) in [5, 5.41) is 11.2. The maximum atomic E-state index is 12.8. The van der Waals surface area contributed by atoms with Crippen molar-refractivity contribution in [2.45, 2.75) is 38.7 Å². The molecule has 2 rings (SSSR count). The van der Waals surface area contributed by atoms with Crippen LogP contribution in [-0.4, -0.2) is 55.0 Å². The van der Waals surface area contributed by atoms with Crippen LogP contribution in [0.25, 0.3) is 0 Å². The highest BCUT2D eigenvalue weighted by atomic mass is 32.2. The van der Waals surface area contributed by atoms with Crippen LogP contribution >= 0.6 is 0 Å². The highest BCUT2D eigenvalue weighted by molar-refractivity contribution is 7.90. The molecule has 32 heavy (non-hydrogen) atoms. The third kappa shape index (κ3) is 5.02. The van der Waals surface area contributed by atoms with E-state index in [0.29, 0.717) is 11.3 Å². The largest absolute Gasteiger partial charge is 0.462 e. The minimum absolute atomic E-state index is 0.0595. The van der Waals surface area contributed by atoms with Crippen molar-refractivity contribution in [1.29, 1.82) is 0 Å². The molecule has 0 saturated heterocycles. The predicted molar refractivity (Wildman–Crippen MR) is 112 cm³/mol. The van der Waals surface area contributed by atoms with Crippen LogP contribution in [0.1, 0.15) is 56.3 Å². The number of nitro benzene ring substituents is 1. The fourth-order valence-electron chi connectivity index (χ4n) is 3.09. The van der Waals surface area contributed by atoms with E-state index in [9.17, 15) is 32.9 Å². The van der Waals surface area contributed by atoms with Crippen molar-refractivity contribution in [3.8, 4) is 0 Å². The maximum Gasteiger partial charge on any atom is 0.340 e. The number of aromatic amines is 1. The van der Waals surface area contributed by atoms with Crippen molar-refractivity contribution in [3.63, 3.8) is 0 Å². The first-order chi connectivity index (χ1) is 14.8. The summed E-state index contributed by atoms with van der Waals surface area (Å²) >= 11 is 0. The molecule has 0 bridgehead atoms. The number of rotatable bonds is 8. The number of aromatic nitrogens is 1. The highest BCUT2D eigenvalue weighted by Crippen LogP contribution is 2.26. The molecule has 0 radical (unpaired) electrons. The van der Waals surface area contributed by atoms with Crippen LogP contribution in [0, 0.1) is 24.0 Å². The van der Waals surface area contributed by atoms with Gasteiger partial charge in [0.15, 0.2) is 15.9 Å². The summed E-state index contributed by atoms with van der Waals surface area (Å²) < 4.78 is 33.5. The summed E-state index contributed by atoms with van der Waals surface area (Å²) in [6.45, 7) is 6.25. The summed E-state index contributed by atoms with van der Waals surface area (Å²) in [4.78, 5) is 49.9.